The third kappa shape index (κ3) is 2.53. The van der Waals surface area contributed by atoms with E-state index in [9.17, 15) is 23.4 Å². The first kappa shape index (κ1) is 15.8. The number of phenolic OH excluding ortho intramolecular Hbond substituents is 2. The summed E-state index contributed by atoms with van der Waals surface area (Å²) >= 11 is 0. The molecule has 0 aliphatic carbocycles. The maximum Gasteiger partial charge on any atom is 0.337 e. The molecule has 0 fully saturated rings. The van der Waals surface area contributed by atoms with Gasteiger partial charge in [0.25, 0.3) is 10.1 Å². The van der Waals surface area contributed by atoms with Crippen molar-refractivity contribution < 1.29 is 33.1 Å². The zero-order chi connectivity index (χ0) is 17.6. The summed E-state index contributed by atoms with van der Waals surface area (Å²) in [6, 6.07) is 6.00. The summed E-state index contributed by atoms with van der Waals surface area (Å²) in [6.07, 6.45) is 0. The second-order valence-corrected chi connectivity index (χ2v) is 6.29. The Hall–Kier alpha value is -3.11. The Kier molecular flexibility index (Phi) is 3.43. The van der Waals surface area contributed by atoms with Crippen molar-refractivity contribution in [2.75, 3.05) is 0 Å². The van der Waals surface area contributed by atoms with Crippen LogP contribution in [0.25, 0.3) is 22.4 Å². The zero-order valence-electron chi connectivity index (χ0n) is 11.8. The molecule has 24 heavy (non-hydrogen) atoms. The van der Waals surface area contributed by atoms with Crippen LogP contribution in [-0.4, -0.2) is 44.2 Å². The molecule has 0 atom stereocenters. The highest BCUT2D eigenvalue weighted by atomic mass is 32.2. The number of fused-ring (bicyclic) bond motifs is 1. The summed E-state index contributed by atoms with van der Waals surface area (Å²) in [5.41, 5.74) is 0.390. The van der Waals surface area contributed by atoms with Crippen LogP contribution < -0.4 is 0 Å². The van der Waals surface area contributed by atoms with Crippen LogP contribution in [0, 0.1) is 0 Å². The monoisotopic (exact) mass is 350 g/mol. The molecule has 0 amide bonds. The maximum atomic E-state index is 11.2. The zero-order valence-corrected chi connectivity index (χ0v) is 12.6. The molecule has 0 unspecified atom stereocenters. The third-order valence-corrected chi connectivity index (χ3v) is 4.24. The Balaban J connectivity index is 2.23. The van der Waals surface area contributed by atoms with Crippen molar-refractivity contribution in [3.05, 3.63) is 35.9 Å². The van der Waals surface area contributed by atoms with Gasteiger partial charge in [-0.05, 0) is 18.2 Å². The number of aromatic amines is 1. The van der Waals surface area contributed by atoms with E-state index in [0.717, 1.165) is 6.07 Å². The molecule has 5 N–H and O–H groups in total. The highest BCUT2D eigenvalue weighted by Crippen LogP contribution is 2.36. The van der Waals surface area contributed by atoms with Gasteiger partial charge in [-0.15, -0.1) is 0 Å². The number of para-hydroxylation sites is 1. The maximum absolute atomic E-state index is 11.2. The summed E-state index contributed by atoms with van der Waals surface area (Å²) in [6.45, 7) is 0. The number of H-pyrrole nitrogens is 1. The molecule has 0 saturated heterocycles. The Labute approximate surface area is 134 Å². The molecule has 124 valence electrons. The highest BCUT2D eigenvalue weighted by molar-refractivity contribution is 7.86. The van der Waals surface area contributed by atoms with E-state index in [1.165, 1.54) is 12.1 Å². The minimum absolute atomic E-state index is 0.0217. The van der Waals surface area contributed by atoms with Crippen molar-refractivity contribution in [2.24, 2.45) is 0 Å². The highest BCUT2D eigenvalue weighted by Gasteiger charge is 2.21. The number of aromatic hydroxyl groups is 2. The number of nitrogens with zero attached hydrogens (tertiary/aromatic N) is 1. The average molecular weight is 350 g/mol. The fraction of sp³-hybridized carbons (Fsp3) is 0. The number of benzene rings is 2. The van der Waals surface area contributed by atoms with Gasteiger partial charge < -0.3 is 20.3 Å². The van der Waals surface area contributed by atoms with Gasteiger partial charge in [0.05, 0.1) is 16.6 Å². The number of aromatic nitrogens is 2. The lowest BCUT2D eigenvalue weighted by molar-refractivity contribution is 0.0699. The molecule has 0 radical (unpaired) electrons. The molecule has 1 aromatic heterocycles. The van der Waals surface area contributed by atoms with Crippen molar-refractivity contribution in [2.45, 2.75) is 4.90 Å². The predicted octanol–water partition coefficient (Wildman–Crippen LogP) is 1.59. The van der Waals surface area contributed by atoms with Gasteiger partial charge in [0.2, 0.25) is 0 Å². The van der Waals surface area contributed by atoms with Crippen molar-refractivity contribution in [3.8, 4) is 22.9 Å². The van der Waals surface area contributed by atoms with E-state index in [1.54, 1.807) is 6.07 Å². The number of hydrogen-bond acceptors (Lipinski definition) is 6. The van der Waals surface area contributed by atoms with E-state index in [1.807, 2.05) is 0 Å². The first-order valence-corrected chi connectivity index (χ1v) is 7.88. The van der Waals surface area contributed by atoms with Gasteiger partial charge in [0, 0.05) is 6.07 Å². The first-order chi connectivity index (χ1) is 11.2. The third-order valence-electron chi connectivity index (χ3n) is 3.35. The van der Waals surface area contributed by atoms with Gasteiger partial charge in [-0.25, -0.2) is 9.78 Å². The standard InChI is InChI=1S/C14H10N2O7S/c17-9-5-11(24(21,22)23)10(18)4-7(9)13-15-8-3-1-2-6(14(19)20)12(8)16-13/h1-5,17-18H,(H,15,16)(H,19,20)(H,21,22,23). The number of phenols is 2. The lowest BCUT2D eigenvalue weighted by Crippen LogP contribution is -1.99. The lowest BCUT2D eigenvalue weighted by Gasteiger charge is -2.06. The fourth-order valence-electron chi connectivity index (χ4n) is 2.29. The molecule has 0 aliphatic heterocycles. The Morgan fingerprint density at radius 1 is 1.12 bits per heavy atom. The summed E-state index contributed by atoms with van der Waals surface area (Å²) < 4.78 is 31.2. The summed E-state index contributed by atoms with van der Waals surface area (Å²) in [7, 11) is -4.72. The number of carbonyl (C=O) groups is 1. The van der Waals surface area contributed by atoms with Gasteiger partial charge in [-0.2, -0.15) is 8.42 Å². The van der Waals surface area contributed by atoms with Crippen molar-refractivity contribution in [3.63, 3.8) is 0 Å². The van der Waals surface area contributed by atoms with Crippen LogP contribution >= 0.6 is 0 Å². The quantitative estimate of drug-likeness (QED) is 0.351. The molecule has 0 bridgehead atoms. The van der Waals surface area contributed by atoms with Crippen molar-refractivity contribution in [1.29, 1.82) is 0 Å². The second-order valence-electron chi connectivity index (χ2n) is 4.90. The van der Waals surface area contributed by atoms with E-state index in [0.29, 0.717) is 11.6 Å². The van der Waals surface area contributed by atoms with Gasteiger partial charge in [0.15, 0.2) is 0 Å². The minimum atomic E-state index is -4.72. The van der Waals surface area contributed by atoms with Crippen LogP contribution in [-0.2, 0) is 10.1 Å². The molecule has 9 nitrogen and oxygen atoms in total. The molecular formula is C14H10N2O7S. The number of carboxylic acids is 1. The first-order valence-electron chi connectivity index (χ1n) is 6.44. The van der Waals surface area contributed by atoms with E-state index in [4.69, 9.17) is 9.66 Å². The van der Waals surface area contributed by atoms with Gasteiger partial charge in [0.1, 0.15) is 27.7 Å². The van der Waals surface area contributed by atoms with Crippen LogP contribution in [0.3, 0.4) is 0 Å². The smallest absolute Gasteiger partial charge is 0.337 e. The topological polar surface area (TPSA) is 161 Å². The van der Waals surface area contributed by atoms with Gasteiger partial charge in [-0.1, -0.05) is 6.07 Å². The summed E-state index contributed by atoms with van der Waals surface area (Å²) in [5.74, 6) is -2.53. The van der Waals surface area contributed by atoms with E-state index in [-0.39, 0.29) is 22.5 Å². The molecule has 1 heterocycles. The molecule has 3 aromatic rings. The summed E-state index contributed by atoms with van der Waals surface area (Å²) in [5, 5.41) is 28.9. The van der Waals surface area contributed by atoms with Crippen molar-refractivity contribution >= 4 is 27.1 Å². The molecule has 0 aliphatic rings. The number of imidazole rings is 1. The largest absolute Gasteiger partial charge is 0.507 e. The predicted molar refractivity (Wildman–Crippen MR) is 81.6 cm³/mol. The number of rotatable bonds is 3. The van der Waals surface area contributed by atoms with Crippen LogP contribution in [0.1, 0.15) is 10.4 Å². The number of aromatic carboxylic acids is 1. The molecule has 3 rings (SSSR count). The van der Waals surface area contributed by atoms with Crippen LogP contribution in [0.2, 0.25) is 0 Å². The normalized spacial score (nSPS) is 11.7. The molecule has 0 saturated carbocycles. The molecule has 0 spiro atoms. The Morgan fingerprint density at radius 3 is 2.46 bits per heavy atom. The number of carboxylic acid groups (broad SMARTS) is 1. The number of nitrogens with one attached hydrogen (secondary N) is 1. The van der Waals surface area contributed by atoms with Gasteiger partial charge >= 0.3 is 5.97 Å². The van der Waals surface area contributed by atoms with Crippen LogP contribution in [0.5, 0.6) is 11.5 Å². The summed E-state index contributed by atoms with van der Waals surface area (Å²) in [4.78, 5) is 17.2. The fourth-order valence-corrected chi connectivity index (χ4v) is 2.87. The molecular weight excluding hydrogens is 340 g/mol. The average Bonchev–Trinajstić information content (AvgIpc) is 2.91. The molecule has 2 aromatic carbocycles. The van der Waals surface area contributed by atoms with E-state index in [2.05, 4.69) is 9.97 Å². The van der Waals surface area contributed by atoms with E-state index >= 15 is 0 Å². The molecule has 10 heteroatoms. The van der Waals surface area contributed by atoms with E-state index < -0.39 is 32.5 Å². The minimum Gasteiger partial charge on any atom is -0.507 e. The number of hydrogen-bond donors (Lipinski definition) is 5. The van der Waals surface area contributed by atoms with Crippen LogP contribution in [0.15, 0.2) is 35.2 Å². The van der Waals surface area contributed by atoms with Crippen LogP contribution in [0.4, 0.5) is 0 Å². The van der Waals surface area contributed by atoms with Crippen molar-refractivity contribution in [1.82, 2.24) is 9.97 Å². The lowest BCUT2D eigenvalue weighted by atomic mass is 10.2. The Morgan fingerprint density at radius 2 is 1.83 bits per heavy atom. The van der Waals surface area contributed by atoms with Gasteiger partial charge in [-0.3, -0.25) is 4.55 Å². The second kappa shape index (κ2) is 5.22. The SMILES string of the molecule is O=C(O)c1cccc2[nH]c(-c3cc(O)c(S(=O)(=O)O)cc3O)nc12. The Bertz CT molecular complexity index is 1090.